The Bertz CT molecular complexity index is 621. The van der Waals surface area contributed by atoms with Gasteiger partial charge in [-0.15, -0.1) is 0 Å². The van der Waals surface area contributed by atoms with Gasteiger partial charge >= 0.3 is 0 Å². The average Bonchev–Trinajstić information content (AvgIpc) is 3.08. The van der Waals surface area contributed by atoms with Gasteiger partial charge in [-0.2, -0.15) is 4.98 Å². The first-order valence-corrected chi connectivity index (χ1v) is 7.35. The quantitative estimate of drug-likeness (QED) is 0.932. The van der Waals surface area contributed by atoms with E-state index in [0.717, 1.165) is 35.2 Å². The number of methoxy groups -OCH3 is 1. The van der Waals surface area contributed by atoms with Gasteiger partial charge in [0.05, 0.1) is 17.1 Å². The minimum Gasteiger partial charge on any atom is -0.496 e. The second-order valence-corrected chi connectivity index (χ2v) is 5.99. The van der Waals surface area contributed by atoms with Crippen LogP contribution in [0.3, 0.4) is 0 Å². The van der Waals surface area contributed by atoms with Crippen LogP contribution in [-0.4, -0.2) is 23.8 Å². The molecule has 1 saturated heterocycles. The van der Waals surface area contributed by atoms with Crippen LogP contribution in [0, 0.1) is 0 Å². The van der Waals surface area contributed by atoms with E-state index >= 15 is 0 Å². The Balaban J connectivity index is 1.92. The molecule has 6 heteroatoms. The summed E-state index contributed by atoms with van der Waals surface area (Å²) in [5.74, 6) is 2.03. The van der Waals surface area contributed by atoms with E-state index in [4.69, 9.17) is 9.26 Å². The van der Waals surface area contributed by atoms with Crippen molar-refractivity contribution in [3.05, 3.63) is 28.6 Å². The fourth-order valence-corrected chi connectivity index (χ4v) is 2.99. The van der Waals surface area contributed by atoms with E-state index in [9.17, 15) is 0 Å². The summed E-state index contributed by atoms with van der Waals surface area (Å²) < 4.78 is 11.5. The Morgan fingerprint density at radius 3 is 2.95 bits per heavy atom. The number of nitrogens with one attached hydrogen (secondary N) is 1. The lowest BCUT2D eigenvalue weighted by Gasteiger charge is -2.18. The van der Waals surface area contributed by atoms with Gasteiger partial charge in [0.15, 0.2) is 0 Å². The molecule has 0 bridgehead atoms. The van der Waals surface area contributed by atoms with E-state index in [1.807, 2.05) is 18.2 Å². The van der Waals surface area contributed by atoms with E-state index in [0.29, 0.717) is 11.7 Å². The third-order valence-corrected chi connectivity index (χ3v) is 4.30. The van der Waals surface area contributed by atoms with E-state index in [-0.39, 0.29) is 5.54 Å². The summed E-state index contributed by atoms with van der Waals surface area (Å²) in [6.07, 6.45) is 2.14. The molecule has 2 heterocycles. The van der Waals surface area contributed by atoms with E-state index in [1.165, 1.54) is 0 Å². The first-order valence-electron chi connectivity index (χ1n) is 6.55. The fraction of sp³-hybridized carbons (Fsp3) is 0.429. The Morgan fingerprint density at radius 1 is 1.45 bits per heavy atom. The largest absolute Gasteiger partial charge is 0.496 e. The first-order chi connectivity index (χ1) is 9.62. The zero-order valence-corrected chi connectivity index (χ0v) is 13.0. The summed E-state index contributed by atoms with van der Waals surface area (Å²) in [6.45, 7) is 3.09. The Kier molecular flexibility index (Phi) is 3.52. The predicted octanol–water partition coefficient (Wildman–Crippen LogP) is 3.11. The molecule has 1 N–H and O–H groups in total. The van der Waals surface area contributed by atoms with Gasteiger partial charge in [-0.25, -0.2) is 0 Å². The highest BCUT2D eigenvalue weighted by Crippen LogP contribution is 2.32. The molecular weight excluding hydrogens is 322 g/mol. The summed E-state index contributed by atoms with van der Waals surface area (Å²) in [4.78, 5) is 4.53. The number of hydrogen-bond donors (Lipinski definition) is 1. The molecule has 3 rings (SSSR count). The monoisotopic (exact) mass is 337 g/mol. The molecule has 0 spiro atoms. The minimum atomic E-state index is -0.199. The van der Waals surface area contributed by atoms with Gasteiger partial charge in [0, 0.05) is 5.56 Å². The van der Waals surface area contributed by atoms with Crippen molar-refractivity contribution in [1.29, 1.82) is 0 Å². The summed E-state index contributed by atoms with van der Waals surface area (Å²) >= 11 is 3.46. The molecule has 2 aromatic rings. The van der Waals surface area contributed by atoms with Crippen molar-refractivity contribution in [3.63, 3.8) is 0 Å². The third-order valence-electron chi connectivity index (χ3n) is 3.68. The van der Waals surface area contributed by atoms with Gasteiger partial charge < -0.3 is 14.6 Å². The number of ether oxygens (including phenoxy) is 1. The number of nitrogens with zero attached hydrogens (tertiary/aromatic N) is 2. The summed E-state index contributed by atoms with van der Waals surface area (Å²) in [6, 6.07) is 5.73. The van der Waals surface area contributed by atoms with Crippen molar-refractivity contribution in [2.75, 3.05) is 13.7 Å². The fourth-order valence-electron chi connectivity index (χ4n) is 2.45. The summed E-state index contributed by atoms with van der Waals surface area (Å²) in [7, 11) is 1.64. The van der Waals surface area contributed by atoms with Gasteiger partial charge in [-0.3, -0.25) is 0 Å². The number of aromatic nitrogens is 2. The van der Waals surface area contributed by atoms with Crippen LogP contribution in [0.4, 0.5) is 0 Å². The smallest absolute Gasteiger partial charge is 0.246 e. The van der Waals surface area contributed by atoms with Crippen LogP contribution < -0.4 is 10.1 Å². The van der Waals surface area contributed by atoms with Crippen LogP contribution in [-0.2, 0) is 5.54 Å². The average molecular weight is 338 g/mol. The molecule has 1 aliphatic rings. The van der Waals surface area contributed by atoms with E-state index < -0.39 is 0 Å². The molecule has 1 aliphatic heterocycles. The molecule has 0 radical (unpaired) electrons. The van der Waals surface area contributed by atoms with Crippen molar-refractivity contribution in [1.82, 2.24) is 15.5 Å². The zero-order valence-electron chi connectivity index (χ0n) is 11.4. The molecule has 0 aliphatic carbocycles. The van der Waals surface area contributed by atoms with Crippen molar-refractivity contribution in [3.8, 4) is 17.1 Å². The van der Waals surface area contributed by atoms with Crippen molar-refractivity contribution in [2.24, 2.45) is 0 Å². The maximum Gasteiger partial charge on any atom is 0.246 e. The maximum atomic E-state index is 5.43. The minimum absolute atomic E-state index is 0.199. The number of rotatable bonds is 3. The highest BCUT2D eigenvalue weighted by atomic mass is 79.9. The van der Waals surface area contributed by atoms with Crippen LogP contribution in [0.1, 0.15) is 25.7 Å². The molecule has 1 fully saturated rings. The third kappa shape index (κ3) is 2.33. The highest BCUT2D eigenvalue weighted by molar-refractivity contribution is 9.10. The van der Waals surface area contributed by atoms with Crippen molar-refractivity contribution >= 4 is 15.9 Å². The molecule has 0 amide bonds. The number of benzene rings is 1. The second-order valence-electron chi connectivity index (χ2n) is 5.13. The summed E-state index contributed by atoms with van der Waals surface area (Å²) in [5, 5.41) is 7.50. The van der Waals surface area contributed by atoms with Crippen LogP contribution in [0.25, 0.3) is 11.4 Å². The molecule has 106 valence electrons. The molecule has 1 atom stereocenters. The van der Waals surface area contributed by atoms with Crippen LogP contribution in [0.5, 0.6) is 5.75 Å². The lowest BCUT2D eigenvalue weighted by atomic mass is 10.0. The van der Waals surface area contributed by atoms with E-state index in [1.54, 1.807) is 7.11 Å². The Morgan fingerprint density at radius 2 is 2.30 bits per heavy atom. The molecular formula is C14H16BrN3O2. The first kappa shape index (κ1) is 13.6. The van der Waals surface area contributed by atoms with E-state index in [2.05, 4.69) is 38.3 Å². The number of hydrogen-bond acceptors (Lipinski definition) is 5. The van der Waals surface area contributed by atoms with Crippen LogP contribution in [0.15, 0.2) is 27.2 Å². The molecule has 0 saturated carbocycles. The standard InChI is InChI=1S/C14H16BrN3O2/c1-14(6-3-7-16-14)13-17-12(18-20-13)9-4-5-11(19-2)10(15)8-9/h4-5,8,16H,3,6-7H2,1-2H3. The lowest BCUT2D eigenvalue weighted by Crippen LogP contribution is -2.33. The van der Waals surface area contributed by atoms with Gasteiger partial charge in [0.1, 0.15) is 5.75 Å². The highest BCUT2D eigenvalue weighted by Gasteiger charge is 2.35. The molecule has 5 nitrogen and oxygen atoms in total. The number of halogens is 1. The second kappa shape index (κ2) is 5.18. The van der Waals surface area contributed by atoms with Crippen molar-refractivity contribution in [2.45, 2.75) is 25.3 Å². The van der Waals surface area contributed by atoms with Crippen LogP contribution in [0.2, 0.25) is 0 Å². The molecule has 1 unspecified atom stereocenters. The van der Waals surface area contributed by atoms with Crippen molar-refractivity contribution < 1.29 is 9.26 Å². The SMILES string of the molecule is COc1ccc(-c2noc(C3(C)CCCN3)n2)cc1Br. The van der Waals surface area contributed by atoms with Gasteiger partial charge in [-0.1, -0.05) is 5.16 Å². The molecule has 1 aromatic carbocycles. The van der Waals surface area contributed by atoms with Gasteiger partial charge in [-0.05, 0) is 60.4 Å². The normalized spacial score (nSPS) is 22.1. The maximum absolute atomic E-state index is 5.43. The molecule has 1 aromatic heterocycles. The predicted molar refractivity (Wildman–Crippen MR) is 78.6 cm³/mol. The van der Waals surface area contributed by atoms with Crippen LogP contribution >= 0.6 is 15.9 Å². The Hall–Kier alpha value is -1.40. The zero-order chi connectivity index (χ0) is 14.2. The Labute approximate surface area is 125 Å². The topological polar surface area (TPSA) is 60.2 Å². The molecule has 20 heavy (non-hydrogen) atoms. The lowest BCUT2D eigenvalue weighted by molar-refractivity contribution is 0.275. The van der Waals surface area contributed by atoms with Gasteiger partial charge in [0.2, 0.25) is 11.7 Å². The summed E-state index contributed by atoms with van der Waals surface area (Å²) in [5.41, 5.74) is 0.698. The van der Waals surface area contributed by atoms with Gasteiger partial charge in [0.25, 0.3) is 0 Å².